The van der Waals surface area contributed by atoms with Gasteiger partial charge in [0.2, 0.25) is 0 Å². The van der Waals surface area contributed by atoms with E-state index in [0.717, 1.165) is 22.5 Å². The summed E-state index contributed by atoms with van der Waals surface area (Å²) in [4.78, 5) is 39.9. The Labute approximate surface area is 209 Å². The highest BCUT2D eigenvalue weighted by Crippen LogP contribution is 2.49. The van der Waals surface area contributed by atoms with E-state index in [4.69, 9.17) is 4.74 Å². The Kier molecular flexibility index (Phi) is 6.72. The number of allylic oxidation sites excluding steroid dienone is 4. The van der Waals surface area contributed by atoms with Gasteiger partial charge in [-0.15, -0.1) is 0 Å². The van der Waals surface area contributed by atoms with E-state index in [9.17, 15) is 23.9 Å². The second kappa shape index (κ2) is 10.1. The normalized spacial score (nSPS) is 18.3. The number of carbonyl (C=O) groups excluding carboxylic acids is 2. The Balaban J connectivity index is 1.54. The minimum Gasteiger partial charge on any atom is -0.489 e. The highest BCUT2D eigenvalue weighted by atomic mass is 19.1. The summed E-state index contributed by atoms with van der Waals surface area (Å²) in [5.41, 5.74) is 4.61. The van der Waals surface area contributed by atoms with Crippen LogP contribution in [0, 0.1) is 5.82 Å². The van der Waals surface area contributed by atoms with Crippen molar-refractivity contribution in [2.45, 2.75) is 57.5 Å². The monoisotopic (exact) mass is 489 g/mol. The van der Waals surface area contributed by atoms with Crippen LogP contribution in [-0.4, -0.2) is 34.1 Å². The standard InChI is InChI=1S/C29H28FNO5/c30-20-12-10-18(11-13-20)17-36-21-5-1-4-19(16-21)27-28-22(6-2-8-24(28)32)31(15-14-26(34)35)23-7-3-9-25(33)29(23)27/h1,4-5,10-13,16,27H,2-3,6-9,14-15,17H2,(H,34,35). The predicted molar refractivity (Wildman–Crippen MR) is 131 cm³/mol. The van der Waals surface area contributed by atoms with Gasteiger partial charge in [-0.05, 0) is 61.1 Å². The Bertz CT molecular complexity index is 1230. The maximum atomic E-state index is 13.3. The molecule has 186 valence electrons. The van der Waals surface area contributed by atoms with Gasteiger partial charge in [-0.2, -0.15) is 0 Å². The van der Waals surface area contributed by atoms with Crippen LogP contribution in [0.15, 0.2) is 71.1 Å². The molecule has 36 heavy (non-hydrogen) atoms. The third-order valence-corrected chi connectivity index (χ3v) is 7.15. The second-order valence-electron chi connectivity index (χ2n) is 9.49. The molecule has 2 aromatic carbocycles. The predicted octanol–water partition coefficient (Wildman–Crippen LogP) is 5.29. The third kappa shape index (κ3) is 4.70. The first kappa shape index (κ1) is 24.0. The van der Waals surface area contributed by atoms with Crippen molar-refractivity contribution in [3.8, 4) is 5.75 Å². The molecule has 1 N–H and O–H groups in total. The molecule has 2 aromatic rings. The van der Waals surface area contributed by atoms with Gasteiger partial charge in [-0.1, -0.05) is 24.3 Å². The molecule has 0 saturated heterocycles. The molecule has 1 heterocycles. The number of ketones is 2. The number of rotatable bonds is 7. The molecule has 0 unspecified atom stereocenters. The Morgan fingerprint density at radius 3 is 2.19 bits per heavy atom. The first-order valence-corrected chi connectivity index (χ1v) is 12.4. The van der Waals surface area contributed by atoms with Crippen molar-refractivity contribution in [3.63, 3.8) is 0 Å². The molecule has 0 radical (unpaired) electrons. The van der Waals surface area contributed by atoms with E-state index in [1.165, 1.54) is 12.1 Å². The number of ether oxygens (including phenoxy) is 1. The molecule has 0 aromatic heterocycles. The van der Waals surface area contributed by atoms with Crippen LogP contribution in [0.4, 0.5) is 4.39 Å². The van der Waals surface area contributed by atoms with E-state index in [1.54, 1.807) is 12.1 Å². The maximum Gasteiger partial charge on any atom is 0.305 e. The topological polar surface area (TPSA) is 83.9 Å². The molecular formula is C29H28FNO5. The average molecular weight is 490 g/mol. The number of carbonyl (C=O) groups is 3. The lowest BCUT2D eigenvalue weighted by Gasteiger charge is -2.44. The van der Waals surface area contributed by atoms with Gasteiger partial charge in [0.05, 0.1) is 6.42 Å². The second-order valence-corrected chi connectivity index (χ2v) is 9.49. The van der Waals surface area contributed by atoms with Crippen LogP contribution in [0.25, 0.3) is 0 Å². The Hall–Kier alpha value is -3.74. The summed E-state index contributed by atoms with van der Waals surface area (Å²) >= 11 is 0. The zero-order chi connectivity index (χ0) is 25.2. The van der Waals surface area contributed by atoms with E-state index < -0.39 is 11.9 Å². The fraction of sp³-hybridized carbons (Fsp3) is 0.345. The number of Topliss-reactive ketones (excluding diaryl/α,β-unsaturated/α-hetero) is 2. The average Bonchev–Trinajstić information content (AvgIpc) is 2.87. The van der Waals surface area contributed by atoms with Crippen molar-refractivity contribution in [3.05, 3.63) is 88.0 Å². The van der Waals surface area contributed by atoms with Crippen LogP contribution >= 0.6 is 0 Å². The van der Waals surface area contributed by atoms with Crippen LogP contribution < -0.4 is 4.74 Å². The number of carboxylic acids is 1. The van der Waals surface area contributed by atoms with Gasteiger partial charge in [0.15, 0.2) is 11.6 Å². The molecule has 7 heteroatoms. The summed E-state index contributed by atoms with van der Waals surface area (Å²) in [6.07, 6.45) is 3.56. The molecule has 0 saturated carbocycles. The summed E-state index contributed by atoms with van der Waals surface area (Å²) in [7, 11) is 0. The minimum atomic E-state index is -0.906. The number of carboxylic acid groups (broad SMARTS) is 1. The van der Waals surface area contributed by atoms with E-state index in [-0.39, 0.29) is 37.0 Å². The van der Waals surface area contributed by atoms with Crippen molar-refractivity contribution in [2.75, 3.05) is 6.54 Å². The number of hydrogen-bond donors (Lipinski definition) is 1. The number of nitrogens with zero attached hydrogens (tertiary/aromatic N) is 1. The van der Waals surface area contributed by atoms with Crippen molar-refractivity contribution in [1.29, 1.82) is 0 Å². The van der Waals surface area contributed by atoms with Gasteiger partial charge in [0.25, 0.3) is 0 Å². The zero-order valence-corrected chi connectivity index (χ0v) is 20.0. The third-order valence-electron chi connectivity index (χ3n) is 7.15. The van der Waals surface area contributed by atoms with Gasteiger partial charge >= 0.3 is 5.97 Å². The van der Waals surface area contributed by atoms with Gasteiger partial charge in [-0.3, -0.25) is 14.4 Å². The van der Waals surface area contributed by atoms with Crippen LogP contribution in [0.5, 0.6) is 5.75 Å². The molecule has 0 fully saturated rings. The first-order chi connectivity index (χ1) is 17.4. The summed E-state index contributed by atoms with van der Waals surface area (Å²) < 4.78 is 19.2. The zero-order valence-electron chi connectivity index (χ0n) is 20.0. The molecule has 0 amide bonds. The lowest BCUT2D eigenvalue weighted by Crippen LogP contribution is -2.39. The summed E-state index contributed by atoms with van der Waals surface area (Å²) in [5.74, 6) is -1.06. The highest BCUT2D eigenvalue weighted by Gasteiger charge is 2.43. The van der Waals surface area contributed by atoms with E-state index in [1.807, 2.05) is 29.2 Å². The van der Waals surface area contributed by atoms with Crippen LogP contribution in [-0.2, 0) is 21.0 Å². The number of aliphatic carboxylic acids is 1. The molecule has 3 aliphatic rings. The number of hydrogen-bond acceptors (Lipinski definition) is 5. The van der Waals surface area contributed by atoms with Crippen molar-refractivity contribution in [1.82, 2.24) is 4.90 Å². The lowest BCUT2D eigenvalue weighted by atomic mass is 9.71. The van der Waals surface area contributed by atoms with Crippen molar-refractivity contribution in [2.24, 2.45) is 0 Å². The summed E-state index contributed by atoms with van der Waals surface area (Å²) in [6.45, 7) is 0.512. The first-order valence-electron chi connectivity index (χ1n) is 12.4. The molecule has 0 spiro atoms. The fourth-order valence-electron chi connectivity index (χ4n) is 5.56. The molecule has 5 rings (SSSR count). The van der Waals surface area contributed by atoms with Gasteiger partial charge < -0.3 is 14.7 Å². The van der Waals surface area contributed by atoms with Gasteiger partial charge in [-0.25, -0.2) is 4.39 Å². The van der Waals surface area contributed by atoms with Crippen LogP contribution in [0.1, 0.15) is 62.0 Å². The van der Waals surface area contributed by atoms with E-state index >= 15 is 0 Å². The maximum absolute atomic E-state index is 13.3. The Morgan fingerprint density at radius 1 is 0.944 bits per heavy atom. The molecule has 0 bridgehead atoms. The van der Waals surface area contributed by atoms with Crippen LogP contribution in [0.3, 0.4) is 0 Å². The largest absolute Gasteiger partial charge is 0.489 e. The molecule has 0 atom stereocenters. The van der Waals surface area contributed by atoms with Crippen molar-refractivity contribution >= 4 is 17.5 Å². The SMILES string of the molecule is O=C(O)CCN1C2=C(C(=O)CCC2)C(c2cccc(OCc3ccc(F)cc3)c2)C2=C1CCCC2=O. The van der Waals surface area contributed by atoms with E-state index in [0.29, 0.717) is 55.4 Å². The van der Waals surface area contributed by atoms with Crippen molar-refractivity contribution < 1.29 is 28.6 Å². The minimum absolute atomic E-state index is 0.0177. The van der Waals surface area contributed by atoms with E-state index in [2.05, 4.69) is 0 Å². The van der Waals surface area contributed by atoms with Gasteiger partial charge in [0, 0.05) is 47.8 Å². The molecule has 2 aliphatic carbocycles. The lowest BCUT2D eigenvalue weighted by molar-refractivity contribution is -0.137. The molecule has 6 nitrogen and oxygen atoms in total. The van der Waals surface area contributed by atoms with Crippen LogP contribution in [0.2, 0.25) is 0 Å². The molecular weight excluding hydrogens is 461 g/mol. The summed E-state index contributed by atoms with van der Waals surface area (Å²) in [5, 5.41) is 9.32. The smallest absolute Gasteiger partial charge is 0.305 e. The molecule has 1 aliphatic heterocycles. The van der Waals surface area contributed by atoms with Gasteiger partial charge in [0.1, 0.15) is 18.2 Å². The summed E-state index contributed by atoms with van der Waals surface area (Å²) in [6, 6.07) is 13.6. The Morgan fingerprint density at radius 2 is 1.58 bits per heavy atom. The number of halogens is 1. The highest BCUT2D eigenvalue weighted by molar-refractivity contribution is 6.06. The quantitative estimate of drug-likeness (QED) is 0.569. The number of benzene rings is 2. The fourth-order valence-corrected chi connectivity index (χ4v) is 5.56.